The number of anilines is 1. The molecule has 0 radical (unpaired) electrons. The molecular weight excluding hydrogens is 577 g/mol. The van der Waals surface area contributed by atoms with Gasteiger partial charge in [-0.2, -0.15) is 0 Å². The van der Waals surface area contributed by atoms with Crippen LogP contribution in [0.5, 0.6) is 11.5 Å². The van der Waals surface area contributed by atoms with Crippen LogP contribution >= 0.6 is 0 Å². The van der Waals surface area contributed by atoms with Crippen LogP contribution in [0.15, 0.2) is 72.8 Å². The van der Waals surface area contributed by atoms with E-state index in [0.29, 0.717) is 28.6 Å². The molecule has 13 nitrogen and oxygen atoms in total. The largest absolute Gasteiger partial charge is 0.759 e. The molecule has 0 heterocycles. The molecule has 0 saturated heterocycles. The van der Waals surface area contributed by atoms with Gasteiger partial charge in [0.25, 0.3) is 0 Å². The first kappa shape index (κ1) is 38.1. The Balaban J connectivity index is 0. The van der Waals surface area contributed by atoms with Gasteiger partial charge < -0.3 is 40.7 Å². The molecule has 0 saturated carbocycles. The minimum absolute atomic E-state index is 0.449. The highest BCUT2D eigenvalue weighted by Crippen LogP contribution is 2.26. The summed E-state index contributed by atoms with van der Waals surface area (Å²) in [6.07, 6.45) is 0. The first-order chi connectivity index (χ1) is 19.0. The Kier molecular flexibility index (Phi) is 18.6. The summed E-state index contributed by atoms with van der Waals surface area (Å²) in [4.78, 5) is 11.1. The quantitative estimate of drug-likeness (QED) is 0.105. The molecule has 0 amide bonds. The zero-order chi connectivity index (χ0) is 32.1. The Morgan fingerprint density at radius 3 is 1.24 bits per heavy atom. The Labute approximate surface area is 233 Å². The van der Waals surface area contributed by atoms with Gasteiger partial charge in [0, 0.05) is 54.4 Å². The molecule has 0 aliphatic heterocycles. The molecule has 0 aromatic heterocycles. The maximum absolute atomic E-state index is 9.75. The van der Waals surface area contributed by atoms with E-state index in [9.17, 15) is 17.3 Å². The van der Waals surface area contributed by atoms with Gasteiger partial charge >= 0.3 is 24.3 Å². The number of ether oxygens (including phenoxy) is 2. The van der Waals surface area contributed by atoms with Crippen molar-refractivity contribution in [1.29, 1.82) is 16.2 Å². The molecular formula is C22H24BF4N7O6S. The van der Waals surface area contributed by atoms with Crippen molar-refractivity contribution >= 4 is 40.4 Å². The average molecular weight is 601 g/mol. The van der Waals surface area contributed by atoms with Gasteiger partial charge in [0.2, 0.25) is 27.7 Å². The topological polar surface area (TPSA) is 186 Å². The molecule has 19 heteroatoms. The van der Waals surface area contributed by atoms with E-state index in [-0.39, 0.29) is 0 Å². The van der Waals surface area contributed by atoms with Crippen molar-refractivity contribution in [2.75, 3.05) is 33.2 Å². The molecule has 41 heavy (non-hydrogen) atoms. The van der Waals surface area contributed by atoms with Crippen molar-refractivity contribution in [3.05, 3.63) is 87.7 Å². The molecule has 0 bridgehead atoms. The fourth-order valence-electron chi connectivity index (χ4n) is 2.24. The zero-order valence-corrected chi connectivity index (χ0v) is 22.8. The van der Waals surface area contributed by atoms with Crippen molar-refractivity contribution in [3.8, 4) is 11.5 Å². The standard InChI is InChI=1S/C8H10N3.2C7H7N2O.BF4.H2O4S/c1-11(2)8-5-3-7(10-9)4-6-8;2*1-10-7-5-3-2-4-6(7)9-8;2-1(3,4)5;1-5(2,3)4/h3-6H,1-2H3;2*2-5H,1H3;;(H2,1,2,3,4)/q3*+1;-1;/p-2. The molecule has 0 aliphatic rings. The Hall–Kier alpha value is -5.03. The summed E-state index contributed by atoms with van der Waals surface area (Å²) in [5.41, 5.74) is 2.57. The lowest BCUT2D eigenvalue weighted by Gasteiger charge is -2.09. The van der Waals surface area contributed by atoms with Crippen LogP contribution in [0.1, 0.15) is 0 Å². The smallest absolute Gasteiger partial charge is 0.673 e. The second kappa shape index (κ2) is 20.0. The van der Waals surface area contributed by atoms with Gasteiger partial charge in [0.15, 0.2) is 14.9 Å². The summed E-state index contributed by atoms with van der Waals surface area (Å²) < 4.78 is 82.8. The molecule has 3 aromatic rings. The number of hydrogen-bond donors (Lipinski definition) is 0. The lowest BCUT2D eigenvalue weighted by atomic mass is 10.3. The number of para-hydroxylation sites is 2. The number of methoxy groups -OCH3 is 2. The first-order valence-electron chi connectivity index (χ1n) is 10.6. The van der Waals surface area contributed by atoms with Gasteiger partial charge in [-0.15, -0.1) is 0 Å². The van der Waals surface area contributed by atoms with Crippen LogP contribution in [0.2, 0.25) is 0 Å². The van der Waals surface area contributed by atoms with Gasteiger partial charge in [-0.1, -0.05) is 24.3 Å². The highest BCUT2D eigenvalue weighted by Gasteiger charge is 2.20. The third kappa shape index (κ3) is 22.7. The van der Waals surface area contributed by atoms with E-state index in [0.717, 1.165) is 5.69 Å². The van der Waals surface area contributed by atoms with E-state index < -0.39 is 17.7 Å². The van der Waals surface area contributed by atoms with Crippen molar-refractivity contribution in [3.63, 3.8) is 0 Å². The van der Waals surface area contributed by atoms with Crippen LogP contribution in [-0.4, -0.2) is 53.1 Å². The summed E-state index contributed by atoms with van der Waals surface area (Å²) >= 11 is 0. The van der Waals surface area contributed by atoms with Crippen LogP contribution in [0.3, 0.4) is 0 Å². The van der Waals surface area contributed by atoms with Gasteiger partial charge in [-0.25, -0.2) is 0 Å². The van der Waals surface area contributed by atoms with Crippen molar-refractivity contribution in [1.82, 2.24) is 0 Å². The zero-order valence-electron chi connectivity index (χ0n) is 22.0. The SMILES string of the molecule is CN(C)c1ccc([N+]#N)cc1.COc1ccccc1[N+]#N.COc1ccccc1[N+]#N.F[B-](F)(F)F.O=S(=O)([O-])[O-]. The van der Waals surface area contributed by atoms with E-state index in [4.69, 9.17) is 43.2 Å². The second-order valence-corrected chi connectivity index (χ2v) is 7.77. The lowest BCUT2D eigenvalue weighted by Crippen LogP contribution is -2.07. The maximum atomic E-state index is 9.75. The predicted octanol–water partition coefficient (Wildman–Crippen LogP) is 6.56. The highest BCUT2D eigenvalue weighted by atomic mass is 32.3. The summed E-state index contributed by atoms with van der Waals surface area (Å²) in [6, 6.07) is 21.3. The molecule has 0 atom stereocenters. The highest BCUT2D eigenvalue weighted by molar-refractivity contribution is 7.79. The minimum Gasteiger partial charge on any atom is -0.759 e. The summed E-state index contributed by atoms with van der Waals surface area (Å²) in [7, 11) is -4.18. The van der Waals surface area contributed by atoms with Crippen molar-refractivity contribution in [2.24, 2.45) is 0 Å². The van der Waals surface area contributed by atoms with Crippen LogP contribution in [-0.2, 0) is 10.4 Å². The normalized spacial score (nSPS) is 9.34. The molecule has 0 fully saturated rings. The third-order valence-corrected chi connectivity index (χ3v) is 3.87. The maximum Gasteiger partial charge on any atom is 0.673 e. The summed E-state index contributed by atoms with van der Waals surface area (Å²) in [6.45, 7) is 0. The second-order valence-electron chi connectivity index (χ2n) is 6.96. The molecule has 0 unspecified atom stereocenters. The molecule has 0 N–H and O–H groups in total. The Morgan fingerprint density at radius 1 is 0.707 bits per heavy atom. The van der Waals surface area contributed by atoms with E-state index in [1.165, 1.54) is 14.2 Å². The van der Waals surface area contributed by atoms with Crippen molar-refractivity contribution in [2.45, 2.75) is 0 Å². The minimum atomic E-state index is -6.00. The number of rotatable bonds is 3. The predicted molar refractivity (Wildman–Crippen MR) is 142 cm³/mol. The summed E-state index contributed by atoms with van der Waals surface area (Å²) in [5, 5.41) is 25.2. The van der Waals surface area contributed by atoms with E-state index >= 15 is 0 Å². The van der Waals surface area contributed by atoms with E-state index in [2.05, 4.69) is 14.9 Å². The van der Waals surface area contributed by atoms with Crippen LogP contribution in [0.25, 0.3) is 14.9 Å². The first-order valence-corrected chi connectivity index (χ1v) is 12.0. The summed E-state index contributed by atoms with van der Waals surface area (Å²) in [5.74, 6) is 1.15. The number of hydrogen-bond acceptors (Lipinski definition) is 10. The van der Waals surface area contributed by atoms with E-state index in [1.54, 1.807) is 48.5 Å². The fraction of sp³-hybridized carbons (Fsp3) is 0.182. The molecule has 3 aromatic carbocycles. The van der Waals surface area contributed by atoms with Crippen molar-refractivity contribution < 1.29 is 44.3 Å². The van der Waals surface area contributed by atoms with Crippen LogP contribution in [0, 0.1) is 16.2 Å². The molecule has 0 spiro atoms. The van der Waals surface area contributed by atoms with E-state index in [1.807, 2.05) is 43.3 Å². The molecule has 0 aliphatic carbocycles. The number of diazo groups is 3. The lowest BCUT2D eigenvalue weighted by molar-refractivity contribution is 0.352. The number of halogens is 4. The number of benzene rings is 3. The average Bonchev–Trinajstić information content (AvgIpc) is 2.91. The number of nitrogens with zero attached hydrogens (tertiary/aromatic N) is 7. The van der Waals surface area contributed by atoms with Crippen LogP contribution in [0.4, 0.5) is 40.0 Å². The van der Waals surface area contributed by atoms with Gasteiger partial charge in [-0.05, 0) is 24.3 Å². The third-order valence-electron chi connectivity index (χ3n) is 3.87. The Bertz CT molecular complexity index is 1350. The van der Waals surface area contributed by atoms with Gasteiger partial charge in [-0.3, -0.25) is 8.42 Å². The van der Waals surface area contributed by atoms with Gasteiger partial charge in [0.05, 0.1) is 14.2 Å². The fourth-order valence-corrected chi connectivity index (χ4v) is 2.24. The van der Waals surface area contributed by atoms with Gasteiger partial charge in [0.1, 0.15) is 0 Å². The van der Waals surface area contributed by atoms with Crippen LogP contribution < -0.4 is 14.4 Å². The Morgan fingerprint density at radius 2 is 1.02 bits per heavy atom. The monoisotopic (exact) mass is 601 g/mol. The molecule has 220 valence electrons. The molecule has 3 rings (SSSR count).